The lowest BCUT2D eigenvalue weighted by Gasteiger charge is -2.20. The highest BCUT2D eigenvalue weighted by Gasteiger charge is 2.18. The van der Waals surface area contributed by atoms with Gasteiger partial charge in [0.25, 0.3) is 0 Å². The van der Waals surface area contributed by atoms with Crippen molar-refractivity contribution in [2.45, 2.75) is 302 Å². The van der Waals surface area contributed by atoms with Crippen molar-refractivity contribution in [3.8, 4) is 0 Å². The van der Waals surface area contributed by atoms with Gasteiger partial charge in [0.1, 0.15) is 0 Å². The molecule has 0 aromatic carbocycles. The predicted molar refractivity (Wildman–Crippen MR) is 273 cm³/mol. The third kappa shape index (κ3) is 49.4. The zero-order valence-corrected chi connectivity index (χ0v) is 42.1. The Morgan fingerprint density at radius 1 is 0.429 bits per heavy atom. The van der Waals surface area contributed by atoms with Gasteiger partial charge in [-0.3, -0.25) is 9.59 Å². The molecule has 0 rings (SSSR count). The number of hydrogen-bond donors (Lipinski definition) is 3. The van der Waals surface area contributed by atoms with E-state index in [1.807, 2.05) is 6.08 Å². The van der Waals surface area contributed by atoms with Crippen molar-refractivity contribution in [2.75, 3.05) is 13.2 Å². The van der Waals surface area contributed by atoms with Gasteiger partial charge in [0.2, 0.25) is 5.91 Å². The Labute approximate surface area is 392 Å². The molecule has 2 unspecified atom stereocenters. The van der Waals surface area contributed by atoms with E-state index < -0.39 is 12.1 Å². The summed E-state index contributed by atoms with van der Waals surface area (Å²) >= 11 is 0. The fourth-order valence-corrected chi connectivity index (χ4v) is 8.33. The molecule has 0 bridgehead atoms. The Morgan fingerprint density at radius 2 is 0.746 bits per heavy atom. The summed E-state index contributed by atoms with van der Waals surface area (Å²) in [6.07, 6.45) is 64.4. The average Bonchev–Trinajstić information content (AvgIpc) is 3.28. The predicted octanol–water partition coefficient (Wildman–Crippen LogP) is 16.9. The molecule has 0 radical (unpaired) electrons. The van der Waals surface area contributed by atoms with Crippen molar-refractivity contribution in [1.82, 2.24) is 5.32 Å². The molecular weight excluding hydrogens is 779 g/mol. The standard InChI is InChI=1S/C57H107NO5/c1-3-5-7-9-11-13-15-17-18-23-27-31-35-39-43-47-51-57(62)63-52-48-44-40-36-32-28-24-21-19-20-22-26-30-34-38-42-46-50-56(61)58-54(53-59)55(60)49-45-41-37-33-29-25-16-14-12-10-8-6-4-2/h18-19,21,23,45,49,54-55,59-60H,3-17,20,22,24-44,46-48,50-53H2,1-2H3,(H,58,61)/b21-19-,23-18-,49-45+. The molecule has 0 aromatic rings. The van der Waals surface area contributed by atoms with Gasteiger partial charge in [-0.15, -0.1) is 0 Å². The topological polar surface area (TPSA) is 95.9 Å². The number of esters is 1. The monoisotopic (exact) mass is 886 g/mol. The van der Waals surface area contributed by atoms with Crippen molar-refractivity contribution < 1.29 is 24.5 Å². The first-order chi connectivity index (χ1) is 31.0. The van der Waals surface area contributed by atoms with Gasteiger partial charge in [0.15, 0.2) is 0 Å². The molecule has 0 heterocycles. The van der Waals surface area contributed by atoms with E-state index >= 15 is 0 Å². The average molecular weight is 886 g/mol. The zero-order chi connectivity index (χ0) is 45.8. The molecule has 3 N–H and O–H groups in total. The van der Waals surface area contributed by atoms with Crippen molar-refractivity contribution >= 4 is 11.9 Å². The molecule has 0 aromatic heterocycles. The third-order valence-electron chi connectivity index (χ3n) is 12.6. The van der Waals surface area contributed by atoms with Crippen LogP contribution in [0.3, 0.4) is 0 Å². The molecule has 1 amide bonds. The van der Waals surface area contributed by atoms with E-state index in [0.29, 0.717) is 19.4 Å². The number of carbonyl (C=O) groups is 2. The van der Waals surface area contributed by atoms with Crippen LogP contribution in [0.25, 0.3) is 0 Å². The van der Waals surface area contributed by atoms with E-state index in [-0.39, 0.29) is 18.5 Å². The van der Waals surface area contributed by atoms with Gasteiger partial charge in [0.05, 0.1) is 25.4 Å². The number of aliphatic hydroxyl groups is 2. The maximum Gasteiger partial charge on any atom is 0.305 e. The smallest absolute Gasteiger partial charge is 0.305 e. The highest BCUT2D eigenvalue weighted by Crippen LogP contribution is 2.15. The summed E-state index contributed by atoms with van der Waals surface area (Å²) in [7, 11) is 0. The Morgan fingerprint density at radius 3 is 1.13 bits per heavy atom. The quantitative estimate of drug-likeness (QED) is 0.0321. The fourth-order valence-electron chi connectivity index (χ4n) is 8.33. The first-order valence-corrected chi connectivity index (χ1v) is 27.8. The molecular formula is C57H107NO5. The molecule has 0 fully saturated rings. The van der Waals surface area contributed by atoms with E-state index in [1.54, 1.807) is 6.08 Å². The third-order valence-corrected chi connectivity index (χ3v) is 12.6. The van der Waals surface area contributed by atoms with E-state index in [2.05, 4.69) is 43.5 Å². The number of rotatable bonds is 51. The lowest BCUT2D eigenvalue weighted by Crippen LogP contribution is -2.45. The summed E-state index contributed by atoms with van der Waals surface area (Å²) in [5, 5.41) is 23.0. The molecule has 2 atom stereocenters. The lowest BCUT2D eigenvalue weighted by molar-refractivity contribution is -0.143. The van der Waals surface area contributed by atoms with Crippen LogP contribution in [-0.4, -0.2) is 47.4 Å². The van der Waals surface area contributed by atoms with Crippen LogP contribution >= 0.6 is 0 Å². The first-order valence-electron chi connectivity index (χ1n) is 27.8. The van der Waals surface area contributed by atoms with Crippen LogP contribution in [0.4, 0.5) is 0 Å². The Kier molecular flexibility index (Phi) is 51.1. The van der Waals surface area contributed by atoms with E-state index in [9.17, 15) is 19.8 Å². The number of aliphatic hydroxyl groups excluding tert-OH is 2. The number of hydrogen-bond acceptors (Lipinski definition) is 5. The van der Waals surface area contributed by atoms with Crippen LogP contribution in [0.1, 0.15) is 290 Å². The molecule has 0 aliphatic heterocycles. The van der Waals surface area contributed by atoms with Gasteiger partial charge in [-0.2, -0.15) is 0 Å². The van der Waals surface area contributed by atoms with Crippen molar-refractivity contribution in [2.24, 2.45) is 0 Å². The number of ether oxygens (including phenoxy) is 1. The Bertz CT molecular complexity index is 1020. The molecule has 0 aliphatic carbocycles. The van der Waals surface area contributed by atoms with Crippen molar-refractivity contribution in [3.05, 3.63) is 36.5 Å². The van der Waals surface area contributed by atoms with Crippen LogP contribution in [0.2, 0.25) is 0 Å². The van der Waals surface area contributed by atoms with Crippen LogP contribution in [0, 0.1) is 0 Å². The summed E-state index contributed by atoms with van der Waals surface area (Å²) < 4.78 is 5.47. The van der Waals surface area contributed by atoms with Gasteiger partial charge in [-0.25, -0.2) is 0 Å². The van der Waals surface area contributed by atoms with E-state index in [1.165, 1.54) is 205 Å². The van der Waals surface area contributed by atoms with Crippen molar-refractivity contribution in [3.63, 3.8) is 0 Å². The summed E-state index contributed by atoms with van der Waals surface area (Å²) in [5.41, 5.74) is 0. The summed E-state index contributed by atoms with van der Waals surface area (Å²) in [6.45, 7) is 4.87. The minimum absolute atomic E-state index is 0.0106. The summed E-state index contributed by atoms with van der Waals surface area (Å²) in [4.78, 5) is 24.5. The second-order valence-electron chi connectivity index (χ2n) is 18.9. The SMILES string of the molecule is CCCCCCCCC/C=C\CCCCCCCC(=O)OCCCCCCCC/C=C\CCCCCCCCCC(=O)NC(CO)C(O)/C=C/CCCCCCCCCCCCC. The first kappa shape index (κ1) is 61.1. The van der Waals surface area contributed by atoms with Gasteiger partial charge in [-0.1, -0.05) is 230 Å². The van der Waals surface area contributed by atoms with Gasteiger partial charge in [-0.05, 0) is 83.5 Å². The molecule has 63 heavy (non-hydrogen) atoms. The fraction of sp³-hybridized carbons (Fsp3) is 0.860. The second-order valence-corrected chi connectivity index (χ2v) is 18.9. The minimum Gasteiger partial charge on any atom is -0.466 e. The maximum absolute atomic E-state index is 12.4. The number of amides is 1. The highest BCUT2D eigenvalue weighted by atomic mass is 16.5. The molecule has 6 heteroatoms. The molecule has 370 valence electrons. The number of nitrogens with one attached hydrogen (secondary N) is 1. The van der Waals surface area contributed by atoms with E-state index in [0.717, 1.165) is 57.8 Å². The van der Waals surface area contributed by atoms with Crippen LogP contribution in [0.5, 0.6) is 0 Å². The number of allylic oxidation sites excluding steroid dienone is 5. The summed E-state index contributed by atoms with van der Waals surface area (Å²) in [5.74, 6) is -0.0915. The second kappa shape index (κ2) is 52.7. The molecule has 0 saturated carbocycles. The molecule has 0 aliphatic rings. The highest BCUT2D eigenvalue weighted by molar-refractivity contribution is 5.76. The lowest BCUT2D eigenvalue weighted by atomic mass is 10.0. The number of unbranched alkanes of at least 4 members (excludes halogenated alkanes) is 36. The van der Waals surface area contributed by atoms with Crippen LogP contribution in [0.15, 0.2) is 36.5 Å². The van der Waals surface area contributed by atoms with Gasteiger partial charge in [0, 0.05) is 12.8 Å². The largest absolute Gasteiger partial charge is 0.466 e. The zero-order valence-electron chi connectivity index (χ0n) is 42.1. The maximum atomic E-state index is 12.4. The minimum atomic E-state index is -0.852. The van der Waals surface area contributed by atoms with Crippen molar-refractivity contribution in [1.29, 1.82) is 0 Å². The Balaban J connectivity index is 3.48. The van der Waals surface area contributed by atoms with Gasteiger partial charge >= 0.3 is 5.97 Å². The van der Waals surface area contributed by atoms with Crippen LogP contribution in [-0.2, 0) is 14.3 Å². The van der Waals surface area contributed by atoms with Gasteiger partial charge < -0.3 is 20.3 Å². The molecule has 0 spiro atoms. The van der Waals surface area contributed by atoms with Crippen LogP contribution < -0.4 is 5.32 Å². The summed E-state index contributed by atoms with van der Waals surface area (Å²) in [6, 6.07) is -0.636. The molecule has 6 nitrogen and oxygen atoms in total. The Hall–Kier alpha value is -1.92. The molecule has 0 saturated heterocycles. The van der Waals surface area contributed by atoms with E-state index in [4.69, 9.17) is 4.74 Å². The number of carbonyl (C=O) groups excluding carboxylic acids is 2. The normalized spacial score (nSPS) is 12.9.